The number of benzene rings is 3. The van der Waals surface area contributed by atoms with Gasteiger partial charge in [0, 0.05) is 44.5 Å². The van der Waals surface area contributed by atoms with Gasteiger partial charge in [-0.05, 0) is 60.7 Å². The van der Waals surface area contributed by atoms with Crippen LogP contribution in [0.1, 0.15) is 44.5 Å². The van der Waals surface area contributed by atoms with E-state index in [0.29, 0.717) is 0 Å². The van der Waals surface area contributed by atoms with Crippen molar-refractivity contribution in [3.8, 4) is 69.5 Å². The Kier molecular flexibility index (Phi) is 11.8. The second-order valence-corrected chi connectivity index (χ2v) is 34.7. The highest BCUT2D eigenvalue weighted by molar-refractivity contribution is 6.85. The van der Waals surface area contributed by atoms with Gasteiger partial charge in [-0.25, -0.2) is 0 Å². The lowest BCUT2D eigenvalue weighted by molar-refractivity contribution is 1.55. The van der Waals surface area contributed by atoms with Crippen LogP contribution in [0.2, 0.25) is 78.6 Å². The van der Waals surface area contributed by atoms with Gasteiger partial charge in [0.1, 0.15) is 32.3 Å². The SMILES string of the molecule is C[Si](C)(C)C#Cc1cc(C#Cc2ccc(C#Cc3cc(C#C[Si](C)(C)C)cc(C#C[Si](C)(C)C)c3)cc2)cc(C#C[Si](C)(C)C)c1. The fourth-order valence-corrected chi connectivity index (χ4v) is 5.73. The van der Waals surface area contributed by atoms with E-state index >= 15 is 0 Å². The average molecular weight is 663 g/mol. The minimum Gasteiger partial charge on any atom is -0.127 e. The van der Waals surface area contributed by atoms with Crippen molar-refractivity contribution in [1.29, 1.82) is 0 Å². The van der Waals surface area contributed by atoms with Gasteiger partial charge in [0.15, 0.2) is 0 Å². The van der Waals surface area contributed by atoms with Gasteiger partial charge < -0.3 is 0 Å². The predicted octanol–water partition coefficient (Wildman–Crippen LogP) is 9.40. The molecule has 3 rings (SSSR count). The second-order valence-electron chi connectivity index (χ2n) is 15.7. The largest absolute Gasteiger partial charge is 0.129 e. The van der Waals surface area contributed by atoms with Crippen molar-refractivity contribution in [1.82, 2.24) is 0 Å². The van der Waals surface area contributed by atoms with Crippen molar-refractivity contribution >= 4 is 32.3 Å². The van der Waals surface area contributed by atoms with Crippen molar-refractivity contribution in [2.24, 2.45) is 0 Å². The fourth-order valence-electron chi connectivity index (χ4n) is 3.65. The van der Waals surface area contributed by atoms with E-state index in [1.54, 1.807) is 0 Å². The first-order valence-corrected chi connectivity index (χ1v) is 29.8. The molecule has 0 aromatic heterocycles. The van der Waals surface area contributed by atoms with Crippen molar-refractivity contribution in [2.75, 3.05) is 0 Å². The van der Waals surface area contributed by atoms with E-state index in [9.17, 15) is 0 Å². The maximum absolute atomic E-state index is 3.48. The van der Waals surface area contributed by atoms with E-state index < -0.39 is 32.3 Å². The van der Waals surface area contributed by atoms with Crippen LogP contribution in [-0.4, -0.2) is 32.3 Å². The fraction of sp³-hybridized carbons (Fsp3) is 0.286. The summed E-state index contributed by atoms with van der Waals surface area (Å²) in [6, 6.07) is 20.6. The molecule has 46 heavy (non-hydrogen) atoms. The molecule has 0 spiro atoms. The van der Waals surface area contributed by atoms with Crippen LogP contribution < -0.4 is 0 Å². The zero-order valence-corrected chi connectivity index (χ0v) is 33.8. The third-order valence-electron chi connectivity index (χ3n) is 5.78. The molecule has 0 atom stereocenters. The molecule has 0 saturated carbocycles. The smallest absolute Gasteiger partial charge is 0.127 e. The Balaban J connectivity index is 1.92. The molecule has 230 valence electrons. The Morgan fingerprint density at radius 3 is 0.630 bits per heavy atom. The Morgan fingerprint density at radius 2 is 0.435 bits per heavy atom. The number of hydrogen-bond acceptors (Lipinski definition) is 0. The third kappa shape index (κ3) is 14.8. The molecule has 0 bridgehead atoms. The molecule has 0 N–H and O–H groups in total. The summed E-state index contributed by atoms with van der Waals surface area (Å²) < 4.78 is 0. The van der Waals surface area contributed by atoms with Crippen LogP contribution in [0.4, 0.5) is 0 Å². The molecule has 0 aliphatic carbocycles. The molecular weight excluding hydrogens is 617 g/mol. The summed E-state index contributed by atoms with van der Waals surface area (Å²) in [6.07, 6.45) is 0. The highest BCUT2D eigenvalue weighted by Gasteiger charge is 2.10. The molecule has 3 aromatic carbocycles. The molecule has 0 amide bonds. The topological polar surface area (TPSA) is 0 Å². The van der Waals surface area contributed by atoms with Crippen LogP contribution in [0.3, 0.4) is 0 Å². The van der Waals surface area contributed by atoms with Crippen molar-refractivity contribution in [3.05, 3.63) is 105 Å². The van der Waals surface area contributed by atoms with Gasteiger partial charge in [-0.1, -0.05) is 126 Å². The molecular formula is C42H46Si4. The van der Waals surface area contributed by atoms with Gasteiger partial charge in [0.2, 0.25) is 0 Å². The monoisotopic (exact) mass is 662 g/mol. The first-order valence-electron chi connectivity index (χ1n) is 15.8. The summed E-state index contributed by atoms with van der Waals surface area (Å²) in [6.45, 7) is 27.1. The zero-order valence-electron chi connectivity index (χ0n) is 29.8. The quantitative estimate of drug-likeness (QED) is 0.166. The number of hydrogen-bond donors (Lipinski definition) is 0. The van der Waals surface area contributed by atoms with Crippen LogP contribution in [0.25, 0.3) is 0 Å². The maximum atomic E-state index is 3.48. The van der Waals surface area contributed by atoms with Gasteiger partial charge in [0.05, 0.1) is 0 Å². The Hall–Kier alpha value is -4.11. The van der Waals surface area contributed by atoms with Crippen molar-refractivity contribution in [2.45, 2.75) is 78.6 Å². The van der Waals surface area contributed by atoms with Gasteiger partial charge in [-0.15, -0.1) is 22.2 Å². The van der Waals surface area contributed by atoms with Gasteiger partial charge in [-0.3, -0.25) is 0 Å². The summed E-state index contributed by atoms with van der Waals surface area (Å²) in [5, 5.41) is 0. The molecule has 4 heteroatoms. The Labute approximate surface area is 284 Å². The molecule has 0 aliphatic rings. The standard InChI is InChI=1S/C42H46Si4/c1-43(2,3)25-21-39-29-37(30-40(33-39)22-26-44(4,5)6)19-17-35-13-15-36(16-14-35)18-20-38-31-41(23-27-45(7,8)9)34-42(32-38)24-28-46(10,11)12/h13-16,29-34H,1-12H3. The molecule has 0 saturated heterocycles. The molecule has 0 unspecified atom stereocenters. The zero-order chi connectivity index (χ0) is 34.2. The van der Waals surface area contributed by atoms with Crippen LogP contribution in [0.5, 0.6) is 0 Å². The van der Waals surface area contributed by atoms with E-state index in [0.717, 1.165) is 44.5 Å². The molecule has 0 heterocycles. The van der Waals surface area contributed by atoms with Gasteiger partial charge in [-0.2, -0.15) is 0 Å². The van der Waals surface area contributed by atoms with E-state index in [4.69, 9.17) is 0 Å². The Morgan fingerprint density at radius 1 is 0.261 bits per heavy atom. The Bertz CT molecular complexity index is 1730. The van der Waals surface area contributed by atoms with Crippen LogP contribution >= 0.6 is 0 Å². The first-order chi connectivity index (χ1) is 21.2. The lowest BCUT2D eigenvalue weighted by Crippen LogP contribution is -2.16. The number of rotatable bonds is 0. The predicted molar refractivity (Wildman–Crippen MR) is 212 cm³/mol. The highest BCUT2D eigenvalue weighted by Crippen LogP contribution is 2.13. The van der Waals surface area contributed by atoms with Crippen molar-refractivity contribution in [3.63, 3.8) is 0 Å². The highest BCUT2D eigenvalue weighted by atomic mass is 28.3. The van der Waals surface area contributed by atoms with Crippen LogP contribution in [0, 0.1) is 69.5 Å². The third-order valence-corrected chi connectivity index (χ3v) is 9.28. The lowest BCUT2D eigenvalue weighted by Gasteiger charge is -2.05. The van der Waals surface area contributed by atoms with Gasteiger partial charge >= 0.3 is 0 Å². The molecule has 3 aromatic rings. The van der Waals surface area contributed by atoms with E-state index in [-0.39, 0.29) is 0 Å². The lowest BCUT2D eigenvalue weighted by atomic mass is 10.1. The maximum Gasteiger partial charge on any atom is 0.129 e. The average Bonchev–Trinajstić information content (AvgIpc) is 2.94. The molecule has 0 radical (unpaired) electrons. The molecule has 0 fully saturated rings. The normalized spacial score (nSPS) is 10.9. The van der Waals surface area contributed by atoms with Crippen LogP contribution in [-0.2, 0) is 0 Å². The van der Waals surface area contributed by atoms with Crippen LogP contribution in [0.15, 0.2) is 60.7 Å². The summed E-state index contributed by atoms with van der Waals surface area (Å²) in [7, 11) is -6.01. The van der Waals surface area contributed by atoms with E-state index in [1.165, 1.54) is 0 Å². The summed E-state index contributed by atoms with van der Waals surface area (Å²) in [4.78, 5) is 0. The van der Waals surface area contributed by atoms with Gasteiger partial charge in [0.25, 0.3) is 0 Å². The van der Waals surface area contributed by atoms with E-state index in [2.05, 4.69) is 185 Å². The minimum absolute atomic E-state index is 0.927. The summed E-state index contributed by atoms with van der Waals surface area (Å²) in [5.74, 6) is 26.9. The summed E-state index contributed by atoms with van der Waals surface area (Å²) in [5.41, 5.74) is 21.5. The second kappa shape index (κ2) is 15.0. The first kappa shape index (κ1) is 36.4. The summed E-state index contributed by atoms with van der Waals surface area (Å²) >= 11 is 0. The van der Waals surface area contributed by atoms with E-state index in [1.807, 2.05) is 24.3 Å². The molecule has 0 aliphatic heterocycles. The van der Waals surface area contributed by atoms with Crippen molar-refractivity contribution < 1.29 is 0 Å². The minimum atomic E-state index is -1.50. The molecule has 0 nitrogen and oxygen atoms in total.